The van der Waals surface area contributed by atoms with Crippen molar-refractivity contribution in [2.75, 3.05) is 11.4 Å². The largest absolute Gasteiger partial charge is 0.407 e. The summed E-state index contributed by atoms with van der Waals surface area (Å²) in [6.45, 7) is 1.21. The van der Waals surface area contributed by atoms with E-state index in [0.717, 1.165) is 19.4 Å². The van der Waals surface area contributed by atoms with Crippen molar-refractivity contribution in [2.45, 2.75) is 31.5 Å². The molecule has 2 saturated carbocycles. The third kappa shape index (κ3) is 1.17. The van der Waals surface area contributed by atoms with Crippen LogP contribution in [0.1, 0.15) is 18.7 Å². The second-order valence-corrected chi connectivity index (χ2v) is 5.47. The first kappa shape index (κ1) is 9.85. The molecule has 2 bridgehead atoms. The SMILES string of the molecule is NCc1nnc(N2CC3CC4CC3C2C4O)o1. The summed E-state index contributed by atoms with van der Waals surface area (Å²) in [5.74, 6) is 2.25. The molecule has 4 rings (SSSR count). The van der Waals surface area contributed by atoms with Crippen LogP contribution in [-0.4, -0.2) is 34.0 Å². The number of fused-ring (bicyclic) bond motifs is 1. The molecule has 5 atom stereocenters. The van der Waals surface area contributed by atoms with E-state index in [1.807, 2.05) is 0 Å². The first-order valence-electron chi connectivity index (χ1n) is 6.25. The second-order valence-electron chi connectivity index (χ2n) is 5.47. The van der Waals surface area contributed by atoms with Gasteiger partial charge in [-0.15, -0.1) is 5.10 Å². The normalized spacial score (nSPS) is 42.7. The predicted octanol–water partition coefficient (Wildman–Crippen LogP) is -0.266. The standard InChI is InChI=1S/C11H16N4O2/c12-3-8-13-14-11(17-8)15-4-6-1-5-2-7(6)9(15)10(5)16/h5-7,9-10,16H,1-4,12H2. The Morgan fingerprint density at radius 1 is 1.35 bits per heavy atom. The fourth-order valence-electron chi connectivity index (χ4n) is 4.08. The van der Waals surface area contributed by atoms with Gasteiger partial charge in [0, 0.05) is 6.54 Å². The Morgan fingerprint density at radius 3 is 2.94 bits per heavy atom. The first-order valence-corrected chi connectivity index (χ1v) is 6.25. The molecule has 0 spiro atoms. The van der Waals surface area contributed by atoms with Gasteiger partial charge in [0.25, 0.3) is 0 Å². The van der Waals surface area contributed by atoms with Crippen LogP contribution in [0.15, 0.2) is 4.42 Å². The molecule has 17 heavy (non-hydrogen) atoms. The molecule has 2 heterocycles. The summed E-state index contributed by atoms with van der Waals surface area (Å²) in [6, 6.07) is 0.717. The van der Waals surface area contributed by atoms with Crippen molar-refractivity contribution in [3.8, 4) is 0 Å². The van der Waals surface area contributed by atoms with Gasteiger partial charge in [-0.3, -0.25) is 0 Å². The maximum absolute atomic E-state index is 10.2. The highest BCUT2D eigenvalue weighted by molar-refractivity contribution is 5.35. The molecule has 0 radical (unpaired) electrons. The lowest BCUT2D eigenvalue weighted by Crippen LogP contribution is -2.40. The monoisotopic (exact) mass is 236 g/mol. The van der Waals surface area contributed by atoms with E-state index in [4.69, 9.17) is 10.2 Å². The minimum atomic E-state index is -0.230. The van der Waals surface area contributed by atoms with Crippen LogP contribution in [0.5, 0.6) is 0 Å². The number of nitrogens with zero attached hydrogens (tertiary/aromatic N) is 3. The molecule has 0 aromatic carbocycles. The summed E-state index contributed by atoms with van der Waals surface area (Å²) in [6.07, 6.45) is 2.08. The summed E-state index contributed by atoms with van der Waals surface area (Å²) in [4.78, 5) is 2.10. The molecule has 3 fully saturated rings. The second kappa shape index (κ2) is 3.20. The van der Waals surface area contributed by atoms with Crippen LogP contribution >= 0.6 is 0 Å². The number of aliphatic hydroxyl groups is 1. The van der Waals surface area contributed by atoms with Crippen LogP contribution in [0.3, 0.4) is 0 Å². The predicted molar refractivity (Wildman–Crippen MR) is 59.0 cm³/mol. The van der Waals surface area contributed by atoms with Gasteiger partial charge in [-0.2, -0.15) is 0 Å². The van der Waals surface area contributed by atoms with Crippen LogP contribution in [0.25, 0.3) is 0 Å². The third-order valence-corrected chi connectivity index (χ3v) is 4.73. The molecular weight excluding hydrogens is 220 g/mol. The molecule has 1 aromatic rings. The van der Waals surface area contributed by atoms with E-state index >= 15 is 0 Å². The number of rotatable bonds is 2. The van der Waals surface area contributed by atoms with Gasteiger partial charge >= 0.3 is 6.01 Å². The zero-order valence-corrected chi connectivity index (χ0v) is 9.49. The Hall–Kier alpha value is -1.14. The van der Waals surface area contributed by atoms with Crippen LogP contribution in [0.4, 0.5) is 6.01 Å². The molecule has 1 aliphatic heterocycles. The quantitative estimate of drug-likeness (QED) is 0.735. The maximum atomic E-state index is 10.2. The number of aliphatic hydroxyl groups excluding tert-OH is 1. The molecule has 1 aromatic heterocycles. The van der Waals surface area contributed by atoms with Crippen molar-refractivity contribution in [1.29, 1.82) is 0 Å². The molecule has 6 nitrogen and oxygen atoms in total. The lowest BCUT2D eigenvalue weighted by atomic mass is 9.88. The zero-order valence-electron chi connectivity index (χ0n) is 9.49. The van der Waals surface area contributed by atoms with E-state index in [1.165, 1.54) is 0 Å². The van der Waals surface area contributed by atoms with Crippen LogP contribution < -0.4 is 10.6 Å². The van der Waals surface area contributed by atoms with Crippen LogP contribution in [0.2, 0.25) is 0 Å². The van der Waals surface area contributed by atoms with Gasteiger partial charge in [0.15, 0.2) is 0 Å². The van der Waals surface area contributed by atoms with Gasteiger partial charge < -0.3 is 20.2 Å². The van der Waals surface area contributed by atoms with E-state index in [2.05, 4.69) is 15.1 Å². The van der Waals surface area contributed by atoms with E-state index in [1.54, 1.807) is 0 Å². The van der Waals surface area contributed by atoms with Crippen LogP contribution in [-0.2, 0) is 6.54 Å². The smallest absolute Gasteiger partial charge is 0.318 e. The lowest BCUT2D eigenvalue weighted by molar-refractivity contribution is 0.0956. The number of aromatic nitrogens is 2. The molecule has 92 valence electrons. The van der Waals surface area contributed by atoms with Gasteiger partial charge in [-0.05, 0) is 30.6 Å². The summed E-state index contributed by atoms with van der Waals surface area (Å²) in [7, 11) is 0. The highest BCUT2D eigenvalue weighted by atomic mass is 16.4. The first-order chi connectivity index (χ1) is 8.28. The van der Waals surface area contributed by atoms with E-state index in [-0.39, 0.29) is 18.7 Å². The Bertz CT molecular complexity index is 446. The van der Waals surface area contributed by atoms with E-state index < -0.39 is 0 Å². The Morgan fingerprint density at radius 2 is 2.24 bits per heavy atom. The average Bonchev–Trinajstić information content (AvgIpc) is 3.02. The highest BCUT2D eigenvalue weighted by Crippen LogP contribution is 2.55. The minimum Gasteiger partial charge on any atom is -0.407 e. The van der Waals surface area contributed by atoms with Crippen molar-refractivity contribution in [3.63, 3.8) is 0 Å². The molecule has 3 aliphatic rings. The maximum Gasteiger partial charge on any atom is 0.318 e. The van der Waals surface area contributed by atoms with Gasteiger partial charge in [-0.25, -0.2) is 0 Å². The summed E-state index contributed by atoms with van der Waals surface area (Å²) in [5.41, 5.74) is 5.47. The number of hydrogen-bond acceptors (Lipinski definition) is 6. The summed E-state index contributed by atoms with van der Waals surface area (Å²) in [5, 5.41) is 18.2. The van der Waals surface area contributed by atoms with Crippen LogP contribution in [0, 0.1) is 17.8 Å². The van der Waals surface area contributed by atoms with Crippen molar-refractivity contribution in [3.05, 3.63) is 5.89 Å². The molecule has 3 N–H and O–H groups in total. The Balaban J connectivity index is 1.67. The third-order valence-electron chi connectivity index (χ3n) is 4.73. The number of hydrogen-bond donors (Lipinski definition) is 2. The highest BCUT2D eigenvalue weighted by Gasteiger charge is 2.59. The van der Waals surface area contributed by atoms with Crippen molar-refractivity contribution in [2.24, 2.45) is 23.5 Å². The fraction of sp³-hybridized carbons (Fsp3) is 0.818. The van der Waals surface area contributed by atoms with Crippen molar-refractivity contribution < 1.29 is 9.52 Å². The average molecular weight is 236 g/mol. The molecular formula is C11H16N4O2. The molecule has 1 saturated heterocycles. The Kier molecular flexibility index (Phi) is 1.85. The number of nitrogens with two attached hydrogens (primary N) is 1. The van der Waals surface area contributed by atoms with E-state index in [0.29, 0.717) is 29.7 Å². The van der Waals surface area contributed by atoms with Crippen molar-refractivity contribution in [1.82, 2.24) is 10.2 Å². The lowest BCUT2D eigenvalue weighted by Gasteiger charge is -2.27. The topological polar surface area (TPSA) is 88.4 Å². The van der Waals surface area contributed by atoms with E-state index in [9.17, 15) is 5.11 Å². The van der Waals surface area contributed by atoms with Gasteiger partial charge in [0.1, 0.15) is 0 Å². The Labute approximate surface area is 98.8 Å². The fourth-order valence-corrected chi connectivity index (χ4v) is 4.08. The molecule has 5 unspecified atom stereocenters. The van der Waals surface area contributed by atoms with Gasteiger partial charge in [0.05, 0.1) is 18.7 Å². The summed E-state index contributed by atoms with van der Waals surface area (Å²) >= 11 is 0. The van der Waals surface area contributed by atoms with Gasteiger partial charge in [0.2, 0.25) is 5.89 Å². The minimum absolute atomic E-state index is 0.185. The zero-order chi connectivity index (χ0) is 11.6. The molecule has 6 heteroatoms. The van der Waals surface area contributed by atoms with Gasteiger partial charge in [-0.1, -0.05) is 5.10 Å². The molecule has 2 aliphatic carbocycles. The summed E-state index contributed by atoms with van der Waals surface area (Å²) < 4.78 is 5.51. The molecule has 0 amide bonds. The van der Waals surface area contributed by atoms with Crippen molar-refractivity contribution >= 4 is 6.01 Å². The number of anilines is 1.